The molecule has 0 spiro atoms. The predicted octanol–water partition coefficient (Wildman–Crippen LogP) is 4.18. The lowest BCUT2D eigenvalue weighted by Gasteiger charge is -2.07. The van der Waals surface area contributed by atoms with Gasteiger partial charge in [0.05, 0.1) is 12.8 Å². The molecule has 0 saturated carbocycles. The Hall–Kier alpha value is -1.18. The van der Waals surface area contributed by atoms with Crippen molar-refractivity contribution in [3.05, 3.63) is 24.3 Å². The number of hydrogen-bond acceptors (Lipinski definition) is 2. The molecule has 0 heterocycles. The normalized spacial score (nSPS) is 7.60. The van der Waals surface area contributed by atoms with Gasteiger partial charge < -0.3 is 10.1 Å². The molecule has 1 N–H and O–H groups in total. The fourth-order valence-electron chi connectivity index (χ4n) is 0.981. The molecule has 88 valence electrons. The van der Waals surface area contributed by atoms with Crippen molar-refractivity contribution in [2.45, 2.75) is 34.6 Å². The fraction of sp³-hybridized carbons (Fsp3) is 0.538. The zero-order valence-electron chi connectivity index (χ0n) is 10.9. The molecule has 0 aliphatic rings. The van der Waals surface area contributed by atoms with E-state index >= 15 is 0 Å². The molecule has 2 heteroatoms. The highest BCUT2D eigenvalue weighted by Gasteiger charge is 1.96. The van der Waals surface area contributed by atoms with Crippen LogP contribution < -0.4 is 10.1 Å². The van der Waals surface area contributed by atoms with Crippen molar-refractivity contribution in [3.8, 4) is 5.75 Å². The Morgan fingerprint density at radius 1 is 1.07 bits per heavy atom. The zero-order valence-corrected chi connectivity index (χ0v) is 10.9. The first-order valence-corrected chi connectivity index (χ1v) is 5.75. The van der Waals surface area contributed by atoms with Crippen LogP contribution in [0.4, 0.5) is 5.69 Å². The van der Waals surface area contributed by atoms with E-state index in [-0.39, 0.29) is 0 Å². The molecule has 15 heavy (non-hydrogen) atoms. The monoisotopic (exact) mass is 211 g/mol. The van der Waals surface area contributed by atoms with E-state index in [9.17, 15) is 0 Å². The topological polar surface area (TPSA) is 21.3 Å². The standard InChI is InChI=1S/C9H13NO.2C2H6/c1-3-10-8-6-4-5-7-9(8)11-2;2*1-2/h4-7,10H,3H2,1-2H3;2*1-2H3. The Balaban J connectivity index is 0. The average molecular weight is 211 g/mol. The largest absolute Gasteiger partial charge is 0.495 e. The van der Waals surface area contributed by atoms with Crippen molar-refractivity contribution in [3.63, 3.8) is 0 Å². The Labute approximate surface area is 94.7 Å². The van der Waals surface area contributed by atoms with E-state index in [4.69, 9.17) is 4.74 Å². The first-order chi connectivity index (χ1) is 7.38. The lowest BCUT2D eigenvalue weighted by molar-refractivity contribution is 0.416. The molecule has 0 saturated heterocycles. The van der Waals surface area contributed by atoms with Crippen LogP contribution in [-0.4, -0.2) is 13.7 Å². The summed E-state index contributed by atoms with van der Waals surface area (Å²) in [5.74, 6) is 0.898. The number of benzene rings is 1. The lowest BCUT2D eigenvalue weighted by Crippen LogP contribution is -1.98. The highest BCUT2D eigenvalue weighted by atomic mass is 16.5. The molecule has 0 atom stereocenters. The summed E-state index contributed by atoms with van der Waals surface area (Å²) in [6.07, 6.45) is 0. The molecule has 1 aromatic carbocycles. The number of hydrogen-bond donors (Lipinski definition) is 1. The molecule has 0 aliphatic heterocycles. The first-order valence-electron chi connectivity index (χ1n) is 5.75. The van der Waals surface area contributed by atoms with Gasteiger partial charge in [-0.25, -0.2) is 0 Å². The minimum absolute atomic E-state index is 0.898. The van der Waals surface area contributed by atoms with Gasteiger partial charge in [-0.2, -0.15) is 0 Å². The van der Waals surface area contributed by atoms with E-state index in [0.717, 1.165) is 18.0 Å². The summed E-state index contributed by atoms with van der Waals surface area (Å²) < 4.78 is 5.14. The molecule has 0 unspecified atom stereocenters. The van der Waals surface area contributed by atoms with Crippen LogP contribution in [-0.2, 0) is 0 Å². The minimum atomic E-state index is 0.898. The summed E-state index contributed by atoms with van der Waals surface area (Å²) in [6, 6.07) is 7.89. The summed E-state index contributed by atoms with van der Waals surface area (Å²) in [6.45, 7) is 11.0. The minimum Gasteiger partial charge on any atom is -0.495 e. The second kappa shape index (κ2) is 12.8. The van der Waals surface area contributed by atoms with Crippen LogP contribution in [0.2, 0.25) is 0 Å². The van der Waals surface area contributed by atoms with Crippen LogP contribution in [0.25, 0.3) is 0 Å². The van der Waals surface area contributed by atoms with Gasteiger partial charge in [-0.1, -0.05) is 39.8 Å². The first kappa shape index (κ1) is 16.3. The zero-order chi connectivity index (χ0) is 12.1. The van der Waals surface area contributed by atoms with Gasteiger partial charge in [0.2, 0.25) is 0 Å². The number of methoxy groups -OCH3 is 1. The number of anilines is 1. The Bertz CT molecular complexity index is 224. The van der Waals surface area contributed by atoms with Gasteiger partial charge in [-0.05, 0) is 19.1 Å². The van der Waals surface area contributed by atoms with Gasteiger partial charge in [0.15, 0.2) is 0 Å². The van der Waals surface area contributed by atoms with E-state index in [1.54, 1.807) is 7.11 Å². The number of ether oxygens (including phenoxy) is 1. The number of para-hydroxylation sites is 2. The summed E-state index contributed by atoms with van der Waals surface area (Å²) >= 11 is 0. The van der Waals surface area contributed by atoms with Crippen LogP contribution >= 0.6 is 0 Å². The predicted molar refractivity (Wildman–Crippen MR) is 69.9 cm³/mol. The molecule has 0 amide bonds. The fourth-order valence-corrected chi connectivity index (χ4v) is 0.981. The van der Waals surface area contributed by atoms with Gasteiger partial charge in [-0.3, -0.25) is 0 Å². The van der Waals surface area contributed by atoms with E-state index in [0.29, 0.717) is 0 Å². The van der Waals surface area contributed by atoms with Crippen LogP contribution in [0.1, 0.15) is 34.6 Å². The van der Waals surface area contributed by atoms with Crippen molar-refractivity contribution in [1.29, 1.82) is 0 Å². The number of rotatable bonds is 3. The third kappa shape index (κ3) is 6.83. The van der Waals surface area contributed by atoms with Crippen molar-refractivity contribution in [1.82, 2.24) is 0 Å². The van der Waals surface area contributed by atoms with Crippen LogP contribution in [0.5, 0.6) is 5.75 Å². The maximum absolute atomic E-state index is 5.14. The second-order valence-corrected chi connectivity index (χ2v) is 2.23. The molecule has 0 bridgehead atoms. The molecule has 0 aromatic heterocycles. The summed E-state index contributed by atoms with van der Waals surface area (Å²) in [7, 11) is 1.68. The van der Waals surface area contributed by atoms with E-state index in [1.165, 1.54) is 0 Å². The van der Waals surface area contributed by atoms with Crippen LogP contribution in [0.3, 0.4) is 0 Å². The van der Waals surface area contributed by atoms with Gasteiger partial charge >= 0.3 is 0 Å². The lowest BCUT2D eigenvalue weighted by atomic mass is 10.3. The highest BCUT2D eigenvalue weighted by Crippen LogP contribution is 2.22. The smallest absolute Gasteiger partial charge is 0.141 e. The highest BCUT2D eigenvalue weighted by molar-refractivity contribution is 5.55. The van der Waals surface area contributed by atoms with Gasteiger partial charge in [0, 0.05) is 6.54 Å². The van der Waals surface area contributed by atoms with Crippen molar-refractivity contribution < 1.29 is 4.74 Å². The number of nitrogens with one attached hydrogen (secondary N) is 1. The summed E-state index contributed by atoms with van der Waals surface area (Å²) in [5, 5.41) is 3.20. The summed E-state index contributed by atoms with van der Waals surface area (Å²) in [5.41, 5.74) is 1.05. The van der Waals surface area contributed by atoms with Crippen LogP contribution in [0.15, 0.2) is 24.3 Å². The Kier molecular flexibility index (Phi) is 13.9. The van der Waals surface area contributed by atoms with Crippen molar-refractivity contribution >= 4 is 5.69 Å². The molecule has 1 aromatic rings. The maximum atomic E-state index is 5.14. The molecule has 0 fully saturated rings. The Morgan fingerprint density at radius 2 is 1.60 bits per heavy atom. The average Bonchev–Trinajstić information content (AvgIpc) is 2.35. The third-order valence-electron chi connectivity index (χ3n) is 1.47. The van der Waals surface area contributed by atoms with Gasteiger partial charge in [0.25, 0.3) is 0 Å². The SMILES string of the molecule is CC.CC.CCNc1ccccc1OC. The van der Waals surface area contributed by atoms with Crippen molar-refractivity contribution in [2.75, 3.05) is 19.0 Å². The van der Waals surface area contributed by atoms with Gasteiger partial charge in [0.1, 0.15) is 5.75 Å². The molecule has 2 nitrogen and oxygen atoms in total. The molecule has 0 aliphatic carbocycles. The van der Waals surface area contributed by atoms with E-state index in [2.05, 4.69) is 12.2 Å². The summed E-state index contributed by atoms with van der Waals surface area (Å²) in [4.78, 5) is 0. The van der Waals surface area contributed by atoms with Crippen molar-refractivity contribution in [2.24, 2.45) is 0 Å². The molecular formula is C13H25NO. The van der Waals surface area contributed by atoms with Gasteiger partial charge in [-0.15, -0.1) is 0 Å². The van der Waals surface area contributed by atoms with Crippen LogP contribution in [0, 0.1) is 0 Å². The van der Waals surface area contributed by atoms with E-state index < -0.39 is 0 Å². The Morgan fingerprint density at radius 3 is 2.07 bits per heavy atom. The maximum Gasteiger partial charge on any atom is 0.141 e. The molecule has 0 radical (unpaired) electrons. The quantitative estimate of drug-likeness (QED) is 0.809. The molecule has 1 rings (SSSR count). The molecular weight excluding hydrogens is 186 g/mol. The second-order valence-electron chi connectivity index (χ2n) is 2.23. The van der Waals surface area contributed by atoms with E-state index in [1.807, 2.05) is 52.0 Å². The third-order valence-corrected chi connectivity index (χ3v) is 1.47.